The van der Waals surface area contributed by atoms with Crippen LogP contribution in [0, 0.1) is 5.82 Å². The van der Waals surface area contributed by atoms with E-state index in [1.54, 1.807) is 24.3 Å². The van der Waals surface area contributed by atoms with Gasteiger partial charge in [-0.15, -0.1) is 0 Å². The molecule has 2 saturated heterocycles. The molecule has 0 spiro atoms. The Morgan fingerprint density at radius 1 is 0.938 bits per heavy atom. The van der Waals surface area contributed by atoms with E-state index < -0.39 is 17.9 Å². The summed E-state index contributed by atoms with van der Waals surface area (Å²) in [5.74, 6) is -0.969. The normalized spacial score (nSPS) is 16.3. The number of nitrogens with zero attached hydrogens (tertiary/aromatic N) is 3. The second-order valence-corrected chi connectivity index (χ2v) is 7.67. The molecular formula is C21H21ClFN5O4. The first kappa shape index (κ1) is 21.8. The van der Waals surface area contributed by atoms with E-state index in [1.807, 2.05) is 0 Å². The van der Waals surface area contributed by atoms with Gasteiger partial charge < -0.3 is 20.3 Å². The average Bonchev–Trinajstić information content (AvgIpc) is 3.27. The van der Waals surface area contributed by atoms with E-state index in [-0.39, 0.29) is 30.4 Å². The largest absolute Gasteiger partial charge is 0.370 e. The fourth-order valence-corrected chi connectivity index (χ4v) is 3.65. The Labute approximate surface area is 188 Å². The number of halogens is 2. The summed E-state index contributed by atoms with van der Waals surface area (Å²) in [6, 6.07) is 9.66. The molecule has 2 aliphatic heterocycles. The van der Waals surface area contributed by atoms with Crippen LogP contribution in [0.2, 0.25) is 5.02 Å². The Morgan fingerprint density at radius 3 is 2.19 bits per heavy atom. The summed E-state index contributed by atoms with van der Waals surface area (Å²) >= 11 is 5.85. The van der Waals surface area contributed by atoms with Crippen LogP contribution in [0.1, 0.15) is 6.42 Å². The highest BCUT2D eigenvalue weighted by Crippen LogP contribution is 2.25. The Bertz CT molecular complexity index is 1040. The second kappa shape index (κ2) is 9.41. The van der Waals surface area contributed by atoms with Crippen molar-refractivity contribution in [3.05, 3.63) is 53.3 Å². The topological polar surface area (TPSA) is 94.2 Å². The molecule has 32 heavy (non-hydrogen) atoms. The lowest BCUT2D eigenvalue weighted by molar-refractivity contribution is -0.125. The molecule has 0 bridgehead atoms. The fourth-order valence-electron chi connectivity index (χ4n) is 3.52. The smallest absolute Gasteiger partial charge is 0.340 e. The van der Waals surface area contributed by atoms with Gasteiger partial charge in [0.25, 0.3) is 5.91 Å². The van der Waals surface area contributed by atoms with Crippen molar-refractivity contribution >= 4 is 46.6 Å². The van der Waals surface area contributed by atoms with Crippen molar-refractivity contribution in [1.82, 2.24) is 10.0 Å². The van der Waals surface area contributed by atoms with Gasteiger partial charge in [-0.2, -0.15) is 0 Å². The number of carbonyl (C=O) groups excluding carboxylic acids is 3. The molecule has 0 atom stereocenters. The van der Waals surface area contributed by atoms with Crippen LogP contribution in [-0.2, 0) is 9.53 Å². The number of carbonyl (C=O) groups is 3. The van der Waals surface area contributed by atoms with Gasteiger partial charge in [-0.25, -0.2) is 24.0 Å². The predicted octanol–water partition coefficient (Wildman–Crippen LogP) is 3.53. The van der Waals surface area contributed by atoms with Crippen molar-refractivity contribution in [2.24, 2.45) is 0 Å². The Kier molecular flexibility index (Phi) is 6.42. The highest BCUT2D eigenvalue weighted by molar-refractivity contribution is 6.30. The van der Waals surface area contributed by atoms with Gasteiger partial charge in [-0.3, -0.25) is 4.79 Å². The summed E-state index contributed by atoms with van der Waals surface area (Å²) in [7, 11) is 0. The van der Waals surface area contributed by atoms with Crippen molar-refractivity contribution in [3.63, 3.8) is 0 Å². The third kappa shape index (κ3) is 4.76. The predicted molar refractivity (Wildman–Crippen MR) is 117 cm³/mol. The van der Waals surface area contributed by atoms with Crippen LogP contribution >= 0.6 is 11.6 Å². The zero-order valence-corrected chi connectivity index (χ0v) is 17.8. The van der Waals surface area contributed by atoms with Gasteiger partial charge in [-0.05, 0) is 48.9 Å². The van der Waals surface area contributed by atoms with E-state index in [2.05, 4.69) is 10.6 Å². The molecule has 0 radical (unpaired) electrons. The summed E-state index contributed by atoms with van der Waals surface area (Å²) in [5, 5.41) is 8.42. The van der Waals surface area contributed by atoms with Gasteiger partial charge in [0, 0.05) is 36.0 Å². The molecular weight excluding hydrogens is 441 g/mol. The second-order valence-electron chi connectivity index (χ2n) is 7.23. The maximum absolute atomic E-state index is 14.6. The van der Waals surface area contributed by atoms with Crippen LogP contribution < -0.4 is 15.5 Å². The minimum absolute atomic E-state index is 0.0964. The molecule has 0 unspecified atom stereocenters. The van der Waals surface area contributed by atoms with Crippen LogP contribution in [0.4, 0.5) is 31.0 Å². The third-order valence-electron chi connectivity index (χ3n) is 5.07. The number of amides is 5. The molecule has 0 saturated carbocycles. The molecule has 4 rings (SSSR count). The number of hydrogen-bond donors (Lipinski definition) is 2. The van der Waals surface area contributed by atoms with E-state index in [9.17, 15) is 18.8 Å². The van der Waals surface area contributed by atoms with E-state index in [0.717, 1.165) is 6.07 Å². The van der Waals surface area contributed by atoms with Crippen LogP contribution in [0.3, 0.4) is 0 Å². The lowest BCUT2D eigenvalue weighted by Crippen LogP contribution is -2.48. The summed E-state index contributed by atoms with van der Waals surface area (Å²) in [4.78, 5) is 38.6. The van der Waals surface area contributed by atoms with Gasteiger partial charge >= 0.3 is 12.1 Å². The Morgan fingerprint density at radius 2 is 1.56 bits per heavy atom. The molecule has 2 aromatic carbocycles. The molecule has 2 N–H and O–H groups in total. The lowest BCUT2D eigenvalue weighted by atomic mass is 10.2. The fraction of sp³-hybridized carbons (Fsp3) is 0.286. The van der Waals surface area contributed by atoms with Gasteiger partial charge in [0.15, 0.2) is 0 Å². The van der Waals surface area contributed by atoms with Crippen LogP contribution in [0.5, 0.6) is 0 Å². The minimum atomic E-state index is -0.642. The number of nitrogens with one attached hydrogen (secondary N) is 2. The number of benzene rings is 2. The van der Waals surface area contributed by atoms with Crippen molar-refractivity contribution in [1.29, 1.82) is 0 Å². The van der Waals surface area contributed by atoms with E-state index in [4.69, 9.17) is 16.3 Å². The molecule has 2 fully saturated rings. The molecule has 11 heteroatoms. The number of hydrogen-bond acceptors (Lipinski definition) is 4. The van der Waals surface area contributed by atoms with Crippen LogP contribution in [0.15, 0.2) is 42.5 Å². The first-order valence-electron chi connectivity index (χ1n) is 10.0. The summed E-state index contributed by atoms with van der Waals surface area (Å²) < 4.78 is 19.7. The zero-order chi connectivity index (χ0) is 22.7. The summed E-state index contributed by atoms with van der Waals surface area (Å²) in [6.07, 6.45) is 0.605. The monoisotopic (exact) mass is 461 g/mol. The molecule has 0 aromatic heterocycles. The van der Waals surface area contributed by atoms with E-state index in [0.29, 0.717) is 36.8 Å². The minimum Gasteiger partial charge on any atom is -0.370 e. The molecule has 2 heterocycles. The maximum atomic E-state index is 14.6. The Balaban J connectivity index is 1.41. The quantitative estimate of drug-likeness (QED) is 0.731. The number of rotatable bonds is 3. The maximum Gasteiger partial charge on any atom is 0.340 e. The molecule has 168 valence electrons. The molecule has 9 nitrogen and oxygen atoms in total. The molecule has 2 aliphatic rings. The van der Waals surface area contributed by atoms with Gasteiger partial charge in [0.2, 0.25) is 0 Å². The number of urea groups is 2. The van der Waals surface area contributed by atoms with Gasteiger partial charge in [0.05, 0.1) is 12.3 Å². The number of morpholine rings is 1. The van der Waals surface area contributed by atoms with Crippen LogP contribution in [0.25, 0.3) is 0 Å². The average molecular weight is 462 g/mol. The number of anilines is 3. The lowest BCUT2D eigenvalue weighted by Gasteiger charge is -2.29. The molecule has 2 aromatic rings. The number of ether oxygens (including phenoxy) is 1. The Hall–Kier alpha value is -3.37. The summed E-state index contributed by atoms with van der Waals surface area (Å²) in [5.41, 5.74) is 0.880. The van der Waals surface area contributed by atoms with Crippen molar-refractivity contribution in [2.45, 2.75) is 6.42 Å². The van der Waals surface area contributed by atoms with Gasteiger partial charge in [0.1, 0.15) is 12.4 Å². The first-order valence-corrected chi connectivity index (χ1v) is 10.4. The highest BCUT2D eigenvalue weighted by Gasteiger charge is 2.31. The van der Waals surface area contributed by atoms with E-state index in [1.165, 1.54) is 27.1 Å². The third-order valence-corrected chi connectivity index (χ3v) is 5.32. The number of hydrazine groups is 1. The molecule has 5 amide bonds. The van der Waals surface area contributed by atoms with Crippen molar-refractivity contribution in [2.75, 3.05) is 48.4 Å². The molecule has 0 aliphatic carbocycles. The van der Waals surface area contributed by atoms with Crippen LogP contribution in [-0.4, -0.2) is 60.8 Å². The highest BCUT2D eigenvalue weighted by atomic mass is 35.5. The zero-order valence-electron chi connectivity index (χ0n) is 17.0. The summed E-state index contributed by atoms with van der Waals surface area (Å²) in [6.45, 7) is 1.18. The van der Waals surface area contributed by atoms with Crippen molar-refractivity contribution < 1.29 is 23.5 Å². The SMILES string of the molecule is O=C1COCCN1c1ccc(NC(=O)N2CCCN2C(=O)Nc2ccc(Cl)cc2)cc1F. The van der Waals surface area contributed by atoms with Crippen molar-refractivity contribution in [3.8, 4) is 0 Å². The van der Waals surface area contributed by atoms with Gasteiger partial charge in [-0.1, -0.05) is 11.6 Å². The van der Waals surface area contributed by atoms with E-state index >= 15 is 0 Å². The first-order chi connectivity index (χ1) is 15.4. The standard InChI is InChI=1S/C21H21ClFN5O4/c22-14-2-4-15(5-3-14)24-20(30)27-8-1-9-28(27)21(31)25-16-6-7-18(17(23)12-16)26-10-11-32-13-19(26)29/h2-7,12H,1,8-11,13H2,(H,24,30)(H,25,31).